The first kappa shape index (κ1) is 16.8. The van der Waals surface area contributed by atoms with E-state index in [1.54, 1.807) is 6.92 Å². The molecule has 1 fully saturated rings. The Kier molecular flexibility index (Phi) is 6.82. The Hall–Kier alpha value is -1.26. The van der Waals surface area contributed by atoms with Crippen LogP contribution in [-0.4, -0.2) is 31.7 Å². The highest BCUT2D eigenvalue weighted by molar-refractivity contribution is 5.80. The molecule has 5 heteroatoms. The van der Waals surface area contributed by atoms with E-state index in [2.05, 4.69) is 24.5 Å². The summed E-state index contributed by atoms with van der Waals surface area (Å²) in [5.41, 5.74) is 0.245. The van der Waals surface area contributed by atoms with Crippen LogP contribution in [0.3, 0.4) is 0 Å². The van der Waals surface area contributed by atoms with Crippen LogP contribution in [0.5, 0.6) is 0 Å². The minimum atomic E-state index is -0.402. The van der Waals surface area contributed by atoms with Crippen molar-refractivity contribution in [2.24, 2.45) is 11.3 Å². The van der Waals surface area contributed by atoms with Crippen molar-refractivity contribution in [2.75, 3.05) is 19.7 Å². The Morgan fingerprint density at radius 1 is 1.20 bits per heavy atom. The molecule has 0 spiro atoms. The van der Waals surface area contributed by atoms with Crippen molar-refractivity contribution in [2.45, 2.75) is 52.9 Å². The summed E-state index contributed by atoms with van der Waals surface area (Å²) in [4.78, 5) is 22.9. The van der Waals surface area contributed by atoms with Gasteiger partial charge in [0.2, 0.25) is 0 Å². The number of rotatable bonds is 7. The number of ether oxygens (including phenoxy) is 1. The molecule has 0 aliphatic heterocycles. The lowest BCUT2D eigenvalue weighted by atomic mass is 9.78. The summed E-state index contributed by atoms with van der Waals surface area (Å²) >= 11 is 0. The quantitative estimate of drug-likeness (QED) is 0.706. The van der Waals surface area contributed by atoms with Crippen LogP contribution in [0.4, 0.5) is 4.79 Å². The molecule has 0 aromatic heterocycles. The Bertz CT molecular complexity index is 323. The molecule has 5 nitrogen and oxygen atoms in total. The first-order valence-electron chi connectivity index (χ1n) is 7.65. The van der Waals surface area contributed by atoms with Crippen molar-refractivity contribution in [3.63, 3.8) is 0 Å². The Balaban J connectivity index is 2.32. The molecule has 1 aliphatic carbocycles. The van der Waals surface area contributed by atoms with Gasteiger partial charge in [-0.05, 0) is 37.5 Å². The highest BCUT2D eigenvalue weighted by Gasteiger charge is 2.34. The van der Waals surface area contributed by atoms with Crippen LogP contribution in [0, 0.1) is 11.3 Å². The maximum Gasteiger partial charge on any atom is 0.325 e. The molecular formula is C15H28N2O3. The summed E-state index contributed by atoms with van der Waals surface area (Å²) < 4.78 is 4.76. The highest BCUT2D eigenvalue weighted by Crippen LogP contribution is 2.42. The molecule has 0 unspecified atom stereocenters. The molecule has 0 heterocycles. The summed E-state index contributed by atoms with van der Waals surface area (Å²) in [6.45, 7) is 7.14. The van der Waals surface area contributed by atoms with Gasteiger partial charge in [-0.1, -0.05) is 26.7 Å². The van der Waals surface area contributed by atoms with Gasteiger partial charge in [0.25, 0.3) is 0 Å². The fourth-order valence-electron chi connectivity index (χ4n) is 3.14. The maximum atomic E-state index is 11.7. The first-order valence-corrected chi connectivity index (χ1v) is 7.65. The van der Waals surface area contributed by atoms with Crippen molar-refractivity contribution < 1.29 is 14.3 Å². The third kappa shape index (κ3) is 5.80. The predicted octanol–water partition coefficient (Wildman–Crippen LogP) is 2.46. The lowest BCUT2D eigenvalue weighted by Crippen LogP contribution is -2.44. The Morgan fingerprint density at radius 2 is 1.85 bits per heavy atom. The number of esters is 1. The molecular weight excluding hydrogens is 256 g/mol. The highest BCUT2D eigenvalue weighted by atomic mass is 16.5. The van der Waals surface area contributed by atoms with Crippen LogP contribution in [-0.2, 0) is 9.53 Å². The summed E-state index contributed by atoms with van der Waals surface area (Å²) in [5.74, 6) is 0.234. The third-order valence-corrected chi connectivity index (χ3v) is 3.83. The average Bonchev–Trinajstić information content (AvgIpc) is 2.82. The number of carbonyl (C=O) groups excluding carboxylic acids is 2. The van der Waals surface area contributed by atoms with Crippen LogP contribution < -0.4 is 10.6 Å². The minimum Gasteiger partial charge on any atom is -0.465 e. The molecule has 0 atom stereocenters. The summed E-state index contributed by atoms with van der Waals surface area (Å²) in [7, 11) is 0. The molecule has 116 valence electrons. The van der Waals surface area contributed by atoms with Gasteiger partial charge in [0.1, 0.15) is 6.54 Å². The van der Waals surface area contributed by atoms with Gasteiger partial charge in [-0.2, -0.15) is 0 Å². The number of hydrogen-bond acceptors (Lipinski definition) is 3. The molecule has 0 aromatic carbocycles. The normalized spacial score (nSPS) is 17.0. The van der Waals surface area contributed by atoms with Crippen LogP contribution in [0.1, 0.15) is 52.9 Å². The van der Waals surface area contributed by atoms with E-state index in [4.69, 9.17) is 4.74 Å². The fourth-order valence-corrected chi connectivity index (χ4v) is 3.14. The molecule has 1 rings (SSSR count). The second-order valence-electron chi connectivity index (χ2n) is 6.15. The van der Waals surface area contributed by atoms with E-state index in [0.29, 0.717) is 19.1 Å². The molecule has 1 aliphatic rings. The molecule has 0 radical (unpaired) electrons. The molecule has 2 N–H and O–H groups in total. The summed E-state index contributed by atoms with van der Waals surface area (Å²) in [6, 6.07) is -0.284. The van der Waals surface area contributed by atoms with Gasteiger partial charge in [0.15, 0.2) is 0 Å². The maximum absolute atomic E-state index is 11.7. The molecule has 0 aromatic rings. The van der Waals surface area contributed by atoms with Gasteiger partial charge in [-0.15, -0.1) is 0 Å². The SMILES string of the molecule is CCOC(=O)CNC(=O)NCC1(CC(C)C)CCCC1. The number of urea groups is 1. The molecule has 0 saturated heterocycles. The molecule has 1 saturated carbocycles. The fraction of sp³-hybridized carbons (Fsp3) is 0.867. The average molecular weight is 284 g/mol. The number of hydrogen-bond donors (Lipinski definition) is 2. The van der Waals surface area contributed by atoms with E-state index in [9.17, 15) is 9.59 Å². The molecule has 2 amide bonds. The molecule has 20 heavy (non-hydrogen) atoms. The van der Waals surface area contributed by atoms with Gasteiger partial charge < -0.3 is 15.4 Å². The van der Waals surface area contributed by atoms with Gasteiger partial charge in [-0.25, -0.2) is 4.79 Å². The predicted molar refractivity (Wildman–Crippen MR) is 78.4 cm³/mol. The summed E-state index contributed by atoms with van der Waals surface area (Å²) in [5, 5.41) is 5.45. The minimum absolute atomic E-state index is 0.0726. The number of amides is 2. The number of nitrogens with one attached hydrogen (secondary N) is 2. The van der Waals surface area contributed by atoms with Crippen molar-refractivity contribution >= 4 is 12.0 Å². The Morgan fingerprint density at radius 3 is 2.40 bits per heavy atom. The Labute approximate surface area is 121 Å². The topological polar surface area (TPSA) is 67.4 Å². The molecule has 0 bridgehead atoms. The first-order chi connectivity index (χ1) is 9.47. The van der Waals surface area contributed by atoms with E-state index in [1.165, 1.54) is 25.7 Å². The zero-order chi connectivity index (χ0) is 15.0. The van der Waals surface area contributed by atoms with Gasteiger partial charge in [-0.3, -0.25) is 4.79 Å². The van der Waals surface area contributed by atoms with E-state index in [-0.39, 0.29) is 18.0 Å². The number of carbonyl (C=O) groups is 2. The van der Waals surface area contributed by atoms with Gasteiger partial charge in [0, 0.05) is 6.54 Å². The zero-order valence-electron chi connectivity index (χ0n) is 13.0. The summed E-state index contributed by atoms with van der Waals surface area (Å²) in [6.07, 6.45) is 6.01. The third-order valence-electron chi connectivity index (χ3n) is 3.83. The van der Waals surface area contributed by atoms with Gasteiger partial charge >= 0.3 is 12.0 Å². The van der Waals surface area contributed by atoms with Crippen molar-refractivity contribution in [1.82, 2.24) is 10.6 Å². The van der Waals surface area contributed by atoms with Crippen molar-refractivity contribution in [3.8, 4) is 0 Å². The van der Waals surface area contributed by atoms with Crippen LogP contribution >= 0.6 is 0 Å². The smallest absolute Gasteiger partial charge is 0.325 e. The van der Waals surface area contributed by atoms with E-state index in [0.717, 1.165) is 6.42 Å². The van der Waals surface area contributed by atoms with Crippen LogP contribution in [0.2, 0.25) is 0 Å². The second kappa shape index (κ2) is 8.12. The van der Waals surface area contributed by atoms with E-state index in [1.807, 2.05) is 0 Å². The van der Waals surface area contributed by atoms with E-state index < -0.39 is 5.97 Å². The monoisotopic (exact) mass is 284 g/mol. The lowest BCUT2D eigenvalue weighted by Gasteiger charge is -2.31. The van der Waals surface area contributed by atoms with Crippen molar-refractivity contribution in [3.05, 3.63) is 0 Å². The largest absolute Gasteiger partial charge is 0.465 e. The van der Waals surface area contributed by atoms with Gasteiger partial charge in [0.05, 0.1) is 6.61 Å². The van der Waals surface area contributed by atoms with Crippen molar-refractivity contribution in [1.29, 1.82) is 0 Å². The lowest BCUT2D eigenvalue weighted by molar-refractivity contribution is -0.141. The van der Waals surface area contributed by atoms with Crippen LogP contribution in [0.15, 0.2) is 0 Å². The second-order valence-corrected chi connectivity index (χ2v) is 6.15. The van der Waals surface area contributed by atoms with Crippen LogP contribution in [0.25, 0.3) is 0 Å². The standard InChI is InChI=1S/C15H28N2O3/c1-4-20-13(18)10-16-14(19)17-11-15(9-12(2)3)7-5-6-8-15/h12H,4-11H2,1-3H3,(H2,16,17,19). The zero-order valence-corrected chi connectivity index (χ0v) is 13.0. The van der Waals surface area contributed by atoms with E-state index >= 15 is 0 Å².